The van der Waals surface area contributed by atoms with E-state index in [9.17, 15) is 20.0 Å². The van der Waals surface area contributed by atoms with Crippen molar-refractivity contribution in [2.75, 3.05) is 6.61 Å². The highest BCUT2D eigenvalue weighted by atomic mass is 19.2. The smallest absolute Gasteiger partial charge is 0.338 e. The lowest BCUT2D eigenvalue weighted by atomic mass is 10.1. The van der Waals surface area contributed by atoms with E-state index in [0.717, 1.165) is 6.33 Å². The van der Waals surface area contributed by atoms with Gasteiger partial charge in [-0.1, -0.05) is 36.4 Å². The van der Waals surface area contributed by atoms with Crippen LogP contribution in [0.5, 0.6) is 0 Å². The first-order valence-corrected chi connectivity index (χ1v) is 11.2. The molecule has 0 unspecified atom stereocenters. The van der Waals surface area contributed by atoms with Crippen LogP contribution in [0.2, 0.25) is 0 Å². The van der Waals surface area contributed by atoms with Gasteiger partial charge < -0.3 is 23.9 Å². The molecule has 186 valence electrons. The Balaban J connectivity index is 1.47. The molecule has 4 aromatic rings. The summed E-state index contributed by atoms with van der Waals surface area (Å²) in [4.78, 5) is 33.2. The maximum Gasteiger partial charge on any atom is 0.338 e. The summed E-state index contributed by atoms with van der Waals surface area (Å²) >= 11 is 0. The van der Waals surface area contributed by atoms with Crippen LogP contribution in [0.3, 0.4) is 0 Å². The predicted octanol–water partition coefficient (Wildman–Crippen LogP) is 2.94. The van der Waals surface area contributed by atoms with Gasteiger partial charge in [-0.05, 0) is 30.3 Å². The molecule has 0 radical (unpaired) electrons. The van der Waals surface area contributed by atoms with Crippen molar-refractivity contribution in [3.05, 3.63) is 96.1 Å². The summed E-state index contributed by atoms with van der Waals surface area (Å²) in [5, 5.41) is 20.7. The van der Waals surface area contributed by atoms with Gasteiger partial charge in [-0.3, -0.25) is 0 Å². The molecule has 1 N–H and O–H groups in total. The highest BCUT2D eigenvalue weighted by Crippen LogP contribution is 2.42. The zero-order valence-electron chi connectivity index (χ0n) is 19.1. The highest BCUT2D eigenvalue weighted by molar-refractivity contribution is 5.90. The average Bonchev–Trinajstić information content (AvgIpc) is 3.47. The summed E-state index contributed by atoms with van der Waals surface area (Å²) in [6.07, 6.45) is -2.42. The summed E-state index contributed by atoms with van der Waals surface area (Å²) in [5.74, 6) is -4.58. The number of aliphatic hydroxyl groups is 1. The number of nitrogens with zero attached hydrogens (tertiary/aromatic N) is 4. The number of ether oxygens (including phenoxy) is 3. The summed E-state index contributed by atoms with van der Waals surface area (Å²) < 4.78 is 33.5. The Morgan fingerprint density at radius 1 is 1.05 bits per heavy atom. The SMILES string of the molecule is N#Cc1ncnc2c1ccn2[C@@H]1O[C@](F)(COC(=O)c2ccccc2)[C@@H](O)[C@H]1OC(=O)c1ccccc1. The van der Waals surface area contributed by atoms with Crippen molar-refractivity contribution in [3.8, 4) is 6.07 Å². The predicted molar refractivity (Wildman–Crippen MR) is 125 cm³/mol. The number of alkyl halides is 1. The molecule has 3 heterocycles. The number of fused-ring (bicyclic) bond motifs is 1. The first kappa shape index (κ1) is 24.1. The Morgan fingerprint density at radius 2 is 1.70 bits per heavy atom. The second-order valence-electron chi connectivity index (χ2n) is 8.21. The van der Waals surface area contributed by atoms with Crippen LogP contribution < -0.4 is 0 Å². The molecular formula is C26H19FN4O6. The van der Waals surface area contributed by atoms with Gasteiger partial charge in [0.15, 0.2) is 30.7 Å². The average molecular weight is 502 g/mol. The van der Waals surface area contributed by atoms with Gasteiger partial charge in [0.1, 0.15) is 18.0 Å². The van der Waals surface area contributed by atoms with Gasteiger partial charge in [-0.2, -0.15) is 5.26 Å². The zero-order chi connectivity index (χ0) is 26.0. The van der Waals surface area contributed by atoms with Crippen molar-refractivity contribution in [2.45, 2.75) is 24.3 Å². The van der Waals surface area contributed by atoms with Crippen LogP contribution in [0.15, 0.2) is 79.3 Å². The molecule has 0 spiro atoms. The Kier molecular flexibility index (Phi) is 6.35. The number of halogens is 1. The summed E-state index contributed by atoms with van der Waals surface area (Å²) in [7, 11) is 0. The summed E-state index contributed by atoms with van der Waals surface area (Å²) in [5.41, 5.74) is 0.615. The van der Waals surface area contributed by atoms with Gasteiger partial charge in [0, 0.05) is 6.20 Å². The van der Waals surface area contributed by atoms with Crippen LogP contribution in [0, 0.1) is 11.3 Å². The molecule has 0 saturated carbocycles. The molecule has 37 heavy (non-hydrogen) atoms. The molecule has 1 saturated heterocycles. The second kappa shape index (κ2) is 9.77. The summed E-state index contributed by atoms with van der Waals surface area (Å²) in [6, 6.07) is 19.3. The Bertz CT molecular complexity index is 1490. The van der Waals surface area contributed by atoms with Gasteiger partial charge in [-0.15, -0.1) is 0 Å². The molecular weight excluding hydrogens is 483 g/mol. The maximum atomic E-state index is 16.0. The fraction of sp³-hybridized carbons (Fsp3) is 0.192. The topological polar surface area (TPSA) is 137 Å². The molecule has 2 aromatic heterocycles. The third kappa shape index (κ3) is 4.51. The second-order valence-corrected chi connectivity index (χ2v) is 8.21. The fourth-order valence-electron chi connectivity index (χ4n) is 4.05. The van der Waals surface area contributed by atoms with Gasteiger partial charge in [-0.25, -0.2) is 23.9 Å². The molecule has 4 atom stereocenters. The number of hydrogen-bond acceptors (Lipinski definition) is 9. The molecule has 11 heteroatoms. The van der Waals surface area contributed by atoms with Crippen LogP contribution in [-0.2, 0) is 14.2 Å². The van der Waals surface area contributed by atoms with E-state index in [1.165, 1.54) is 41.1 Å². The number of aliphatic hydroxyl groups excluding tert-OH is 1. The van der Waals surface area contributed by atoms with Gasteiger partial charge in [0.25, 0.3) is 5.85 Å². The first-order chi connectivity index (χ1) is 17.9. The van der Waals surface area contributed by atoms with E-state index in [0.29, 0.717) is 5.39 Å². The molecule has 0 aliphatic carbocycles. The van der Waals surface area contributed by atoms with E-state index in [-0.39, 0.29) is 22.5 Å². The largest absolute Gasteiger partial charge is 0.456 e. The number of carbonyl (C=O) groups is 2. The fourth-order valence-corrected chi connectivity index (χ4v) is 4.05. The number of nitriles is 1. The minimum absolute atomic E-state index is 0.0726. The number of benzene rings is 2. The van der Waals surface area contributed by atoms with Crippen molar-refractivity contribution < 1.29 is 33.3 Å². The Hall–Kier alpha value is -4.66. The van der Waals surface area contributed by atoms with E-state index < -0.39 is 42.8 Å². The van der Waals surface area contributed by atoms with E-state index in [1.54, 1.807) is 36.4 Å². The molecule has 1 fully saturated rings. The van der Waals surface area contributed by atoms with Crippen molar-refractivity contribution in [1.82, 2.24) is 14.5 Å². The molecule has 10 nitrogen and oxygen atoms in total. The van der Waals surface area contributed by atoms with Crippen LogP contribution in [0.4, 0.5) is 4.39 Å². The quantitative estimate of drug-likeness (QED) is 0.395. The van der Waals surface area contributed by atoms with Crippen molar-refractivity contribution >= 4 is 23.0 Å². The van der Waals surface area contributed by atoms with Gasteiger partial charge in [0.2, 0.25) is 0 Å². The molecule has 2 aromatic carbocycles. The highest BCUT2D eigenvalue weighted by Gasteiger charge is 2.59. The molecule has 0 amide bonds. The Morgan fingerprint density at radius 3 is 2.35 bits per heavy atom. The van der Waals surface area contributed by atoms with E-state index in [1.807, 2.05) is 6.07 Å². The maximum absolute atomic E-state index is 16.0. The lowest BCUT2D eigenvalue weighted by molar-refractivity contribution is -0.206. The molecule has 0 bridgehead atoms. The summed E-state index contributed by atoms with van der Waals surface area (Å²) in [6.45, 7) is -0.977. The normalized spacial score (nSPS) is 22.9. The van der Waals surface area contributed by atoms with Gasteiger partial charge in [0.05, 0.1) is 16.5 Å². The standard InChI is InChI=1S/C26H19FN4O6/c27-26(14-35-24(33)16-7-3-1-4-8-16)21(32)20(36-25(34)17-9-5-2-6-10-17)23(37-26)31-12-11-18-19(13-28)29-15-30-22(18)31/h1-12,15,20-21,23,32H,14H2/t20-,21+,23-,26-/m1/s1. The van der Waals surface area contributed by atoms with E-state index in [4.69, 9.17) is 14.2 Å². The molecule has 5 rings (SSSR count). The molecule has 1 aliphatic heterocycles. The zero-order valence-corrected chi connectivity index (χ0v) is 19.1. The van der Waals surface area contributed by atoms with Crippen LogP contribution >= 0.6 is 0 Å². The molecule has 1 aliphatic rings. The number of carbonyl (C=O) groups excluding carboxylic acids is 2. The number of hydrogen-bond donors (Lipinski definition) is 1. The lowest BCUT2D eigenvalue weighted by Gasteiger charge is -2.23. The van der Waals surface area contributed by atoms with Gasteiger partial charge >= 0.3 is 11.9 Å². The lowest BCUT2D eigenvalue weighted by Crippen LogP contribution is -2.45. The number of aromatic nitrogens is 3. The minimum Gasteiger partial charge on any atom is -0.456 e. The Labute approximate surface area is 209 Å². The van der Waals surface area contributed by atoms with Crippen molar-refractivity contribution in [2.24, 2.45) is 0 Å². The van der Waals surface area contributed by atoms with Crippen LogP contribution in [0.1, 0.15) is 32.6 Å². The van der Waals surface area contributed by atoms with Crippen molar-refractivity contribution in [3.63, 3.8) is 0 Å². The minimum atomic E-state index is -2.93. The monoisotopic (exact) mass is 502 g/mol. The third-order valence-electron chi connectivity index (χ3n) is 5.90. The third-order valence-corrected chi connectivity index (χ3v) is 5.90. The first-order valence-electron chi connectivity index (χ1n) is 11.2. The number of rotatable bonds is 6. The number of esters is 2. The van der Waals surface area contributed by atoms with E-state index in [2.05, 4.69) is 9.97 Å². The van der Waals surface area contributed by atoms with E-state index >= 15 is 4.39 Å². The van der Waals surface area contributed by atoms with Crippen molar-refractivity contribution in [1.29, 1.82) is 5.26 Å². The van der Waals surface area contributed by atoms with Crippen LogP contribution in [0.25, 0.3) is 11.0 Å². The van der Waals surface area contributed by atoms with Crippen LogP contribution in [-0.4, -0.2) is 56.2 Å².